The van der Waals surface area contributed by atoms with Crippen molar-refractivity contribution in [1.82, 2.24) is 0 Å². The van der Waals surface area contributed by atoms with Crippen molar-refractivity contribution in [3.8, 4) is 0 Å². The minimum atomic E-state index is -0.622. The Morgan fingerprint density at radius 1 is 1.06 bits per heavy atom. The molecule has 6 atom stereocenters. The molecule has 0 aliphatic heterocycles. The van der Waals surface area contributed by atoms with Crippen LogP contribution in [0.15, 0.2) is 0 Å². The van der Waals surface area contributed by atoms with E-state index in [1.54, 1.807) is 0 Å². The van der Waals surface area contributed by atoms with Crippen LogP contribution in [0.5, 0.6) is 0 Å². The van der Waals surface area contributed by atoms with E-state index in [9.17, 15) is 10.2 Å². The SMILES string of the molecule is C[C@@]1(CO)CCC[C@]2(C)[C@H]3CC[C@]2(C)[C@](C)(O)[C@H]31. The molecule has 0 radical (unpaired) electrons. The lowest BCUT2D eigenvalue weighted by atomic mass is 9.56. The molecule has 2 heteroatoms. The van der Waals surface area contributed by atoms with Crippen LogP contribution < -0.4 is 0 Å². The van der Waals surface area contributed by atoms with E-state index >= 15 is 0 Å². The zero-order valence-corrected chi connectivity index (χ0v) is 12.3. The van der Waals surface area contributed by atoms with Crippen LogP contribution in [0.3, 0.4) is 0 Å². The summed E-state index contributed by atoms with van der Waals surface area (Å²) in [4.78, 5) is 0. The fraction of sp³-hybridized carbons (Fsp3) is 1.00. The van der Waals surface area contributed by atoms with Crippen LogP contribution in [0.25, 0.3) is 0 Å². The Balaban J connectivity index is 2.18. The predicted octanol–water partition coefficient (Wildman–Crippen LogP) is 2.97. The lowest BCUT2D eigenvalue weighted by Crippen LogP contribution is -2.55. The van der Waals surface area contributed by atoms with Gasteiger partial charge in [-0.3, -0.25) is 0 Å². The number of hydrogen-bond acceptors (Lipinski definition) is 2. The second-order valence-electron chi connectivity index (χ2n) is 8.19. The van der Waals surface area contributed by atoms with Crippen molar-refractivity contribution in [2.75, 3.05) is 6.61 Å². The molecule has 3 saturated carbocycles. The molecule has 3 aliphatic carbocycles. The largest absolute Gasteiger partial charge is 0.396 e. The molecule has 0 aromatic heterocycles. The van der Waals surface area contributed by atoms with Crippen molar-refractivity contribution in [3.05, 3.63) is 0 Å². The Kier molecular flexibility index (Phi) is 2.39. The van der Waals surface area contributed by atoms with E-state index in [0.29, 0.717) is 5.92 Å². The van der Waals surface area contributed by atoms with E-state index in [1.165, 1.54) is 19.3 Å². The molecular formula is C16H28O2. The minimum absolute atomic E-state index is 0.0339. The average molecular weight is 252 g/mol. The third kappa shape index (κ3) is 1.09. The van der Waals surface area contributed by atoms with Crippen LogP contribution in [0.4, 0.5) is 0 Å². The second kappa shape index (κ2) is 3.32. The zero-order chi connectivity index (χ0) is 13.4. The molecule has 3 fully saturated rings. The van der Waals surface area contributed by atoms with Crippen molar-refractivity contribution in [2.45, 2.75) is 65.4 Å². The fourth-order valence-electron chi connectivity index (χ4n) is 6.38. The summed E-state index contributed by atoms with van der Waals surface area (Å²) in [6.45, 7) is 9.17. The van der Waals surface area contributed by atoms with Gasteiger partial charge < -0.3 is 10.2 Å². The Morgan fingerprint density at radius 2 is 1.72 bits per heavy atom. The molecular weight excluding hydrogens is 224 g/mol. The molecule has 2 N–H and O–H groups in total. The first kappa shape index (κ1) is 12.9. The number of aliphatic hydroxyl groups is 2. The summed E-state index contributed by atoms with van der Waals surface area (Å²) in [5, 5.41) is 21.2. The summed E-state index contributed by atoms with van der Waals surface area (Å²) >= 11 is 0. The quantitative estimate of drug-likeness (QED) is 0.753. The third-order valence-electron chi connectivity index (χ3n) is 7.72. The van der Waals surface area contributed by atoms with Crippen LogP contribution in [0.2, 0.25) is 0 Å². The minimum Gasteiger partial charge on any atom is -0.396 e. The summed E-state index contributed by atoms with van der Waals surface area (Å²) in [5.41, 5.74) is -0.410. The van der Waals surface area contributed by atoms with Crippen molar-refractivity contribution < 1.29 is 10.2 Å². The first-order chi connectivity index (χ1) is 8.23. The first-order valence-electron chi connectivity index (χ1n) is 7.56. The summed E-state index contributed by atoms with van der Waals surface area (Å²) < 4.78 is 0. The lowest BCUT2D eigenvalue weighted by Gasteiger charge is -2.52. The van der Waals surface area contributed by atoms with E-state index in [4.69, 9.17) is 0 Å². The van der Waals surface area contributed by atoms with Crippen molar-refractivity contribution in [1.29, 1.82) is 0 Å². The van der Waals surface area contributed by atoms with E-state index in [1.807, 2.05) is 6.92 Å². The van der Waals surface area contributed by atoms with Gasteiger partial charge in [0.2, 0.25) is 0 Å². The van der Waals surface area contributed by atoms with Gasteiger partial charge in [0.1, 0.15) is 0 Å². The van der Waals surface area contributed by atoms with Crippen LogP contribution in [-0.4, -0.2) is 22.4 Å². The van der Waals surface area contributed by atoms with Gasteiger partial charge in [-0.25, -0.2) is 0 Å². The Labute approximate surface area is 111 Å². The monoisotopic (exact) mass is 252 g/mol. The lowest BCUT2D eigenvalue weighted by molar-refractivity contribution is -0.151. The Morgan fingerprint density at radius 3 is 2.33 bits per heavy atom. The van der Waals surface area contributed by atoms with Crippen molar-refractivity contribution >= 4 is 0 Å². The highest BCUT2D eigenvalue weighted by molar-refractivity contribution is 5.24. The highest BCUT2D eigenvalue weighted by atomic mass is 16.3. The van der Waals surface area contributed by atoms with Gasteiger partial charge in [0.15, 0.2) is 0 Å². The summed E-state index contributed by atoms with van der Waals surface area (Å²) in [6, 6.07) is 0. The molecule has 18 heavy (non-hydrogen) atoms. The van der Waals surface area contributed by atoms with Gasteiger partial charge in [-0.2, -0.15) is 0 Å². The van der Waals surface area contributed by atoms with E-state index < -0.39 is 5.60 Å². The van der Waals surface area contributed by atoms with Gasteiger partial charge in [-0.1, -0.05) is 27.2 Å². The van der Waals surface area contributed by atoms with Gasteiger partial charge >= 0.3 is 0 Å². The molecule has 104 valence electrons. The molecule has 0 aromatic carbocycles. The van der Waals surface area contributed by atoms with E-state index in [-0.39, 0.29) is 28.8 Å². The zero-order valence-electron chi connectivity index (χ0n) is 12.3. The third-order valence-corrected chi connectivity index (χ3v) is 7.72. The normalized spacial score (nSPS) is 63.0. The summed E-state index contributed by atoms with van der Waals surface area (Å²) in [6.07, 6.45) is 5.87. The fourth-order valence-corrected chi connectivity index (χ4v) is 6.38. The molecule has 0 saturated heterocycles. The highest BCUT2D eigenvalue weighted by Gasteiger charge is 2.75. The second-order valence-corrected chi connectivity index (χ2v) is 8.19. The standard InChI is InChI=1S/C16H28O2/c1-13(10-17)7-5-8-14(2)11-6-9-15(14,3)16(4,18)12(11)13/h11-12,17-18H,5-10H2,1-4H3/t11-,12+,13-,14+,15-,16+/m0/s1. The molecule has 3 aliphatic rings. The number of rotatable bonds is 1. The van der Waals surface area contributed by atoms with Gasteiger partial charge in [0.05, 0.1) is 5.60 Å². The maximum absolute atomic E-state index is 11.3. The molecule has 4 bridgehead atoms. The number of hydrogen-bond donors (Lipinski definition) is 2. The smallest absolute Gasteiger partial charge is 0.0715 e. The van der Waals surface area contributed by atoms with Gasteiger partial charge in [0.25, 0.3) is 0 Å². The molecule has 0 spiro atoms. The maximum atomic E-state index is 11.3. The topological polar surface area (TPSA) is 40.5 Å². The van der Waals surface area contributed by atoms with E-state index in [0.717, 1.165) is 12.8 Å². The van der Waals surface area contributed by atoms with Crippen LogP contribution in [0, 0.1) is 28.1 Å². The molecule has 0 aromatic rings. The van der Waals surface area contributed by atoms with Gasteiger partial charge in [-0.15, -0.1) is 0 Å². The first-order valence-corrected chi connectivity index (χ1v) is 7.56. The van der Waals surface area contributed by atoms with Crippen LogP contribution in [0.1, 0.15) is 59.8 Å². The Bertz CT molecular complexity index is 377. The van der Waals surface area contributed by atoms with Gasteiger partial charge in [0, 0.05) is 12.0 Å². The van der Waals surface area contributed by atoms with Crippen molar-refractivity contribution in [2.24, 2.45) is 28.1 Å². The average Bonchev–Trinajstić information content (AvgIpc) is 2.55. The molecule has 2 nitrogen and oxygen atoms in total. The number of aliphatic hydroxyl groups excluding tert-OH is 1. The molecule has 0 heterocycles. The predicted molar refractivity (Wildman–Crippen MR) is 72.1 cm³/mol. The highest BCUT2D eigenvalue weighted by Crippen LogP contribution is 2.77. The van der Waals surface area contributed by atoms with E-state index in [2.05, 4.69) is 20.8 Å². The molecule has 0 amide bonds. The van der Waals surface area contributed by atoms with Crippen LogP contribution >= 0.6 is 0 Å². The molecule has 0 unspecified atom stereocenters. The van der Waals surface area contributed by atoms with Crippen molar-refractivity contribution in [3.63, 3.8) is 0 Å². The van der Waals surface area contributed by atoms with Gasteiger partial charge in [-0.05, 0) is 55.3 Å². The summed E-state index contributed by atoms with van der Waals surface area (Å²) in [7, 11) is 0. The summed E-state index contributed by atoms with van der Waals surface area (Å²) in [5.74, 6) is 0.860. The molecule has 3 rings (SSSR count). The Hall–Kier alpha value is -0.0800. The van der Waals surface area contributed by atoms with Crippen LogP contribution in [-0.2, 0) is 0 Å². The maximum Gasteiger partial charge on any atom is 0.0715 e.